The highest BCUT2D eigenvalue weighted by Gasteiger charge is 2.29. The third-order valence-corrected chi connectivity index (χ3v) is 3.92. The first-order valence-corrected chi connectivity index (χ1v) is 8.07. The van der Waals surface area contributed by atoms with E-state index in [-0.39, 0.29) is 6.09 Å². The summed E-state index contributed by atoms with van der Waals surface area (Å²) in [7, 11) is 0. The summed E-state index contributed by atoms with van der Waals surface area (Å²) in [5.41, 5.74) is 0.766. The first-order valence-electron chi connectivity index (χ1n) is 8.07. The quantitative estimate of drug-likeness (QED) is 0.848. The molecule has 0 bridgehead atoms. The van der Waals surface area contributed by atoms with Gasteiger partial charge in [-0.25, -0.2) is 4.79 Å². The van der Waals surface area contributed by atoms with Gasteiger partial charge in [0.1, 0.15) is 11.4 Å². The molecule has 1 atom stereocenters. The number of ether oxygens (including phenoxy) is 1. The lowest BCUT2D eigenvalue weighted by atomic mass is 10.1. The lowest BCUT2D eigenvalue weighted by Crippen LogP contribution is -2.35. The number of hydrogen-bond donors (Lipinski definition) is 1. The molecule has 0 aliphatic carbocycles. The van der Waals surface area contributed by atoms with Crippen molar-refractivity contribution in [1.82, 2.24) is 10.2 Å². The summed E-state index contributed by atoms with van der Waals surface area (Å²) >= 11 is 0. The van der Waals surface area contributed by atoms with Crippen LogP contribution in [0, 0.1) is 12.8 Å². The summed E-state index contributed by atoms with van der Waals surface area (Å²) < 4.78 is 10.8. The van der Waals surface area contributed by atoms with E-state index in [2.05, 4.69) is 12.2 Å². The van der Waals surface area contributed by atoms with Gasteiger partial charge in [0.25, 0.3) is 0 Å². The molecule has 1 aliphatic heterocycles. The van der Waals surface area contributed by atoms with Gasteiger partial charge in [-0.05, 0) is 64.6 Å². The zero-order chi connectivity index (χ0) is 16.2. The van der Waals surface area contributed by atoms with Crippen molar-refractivity contribution >= 4 is 6.09 Å². The first-order chi connectivity index (χ1) is 10.3. The fourth-order valence-electron chi connectivity index (χ4n) is 2.65. The predicted octanol–water partition coefficient (Wildman–Crippen LogP) is 3.32. The van der Waals surface area contributed by atoms with Crippen molar-refractivity contribution in [3.8, 4) is 0 Å². The average Bonchev–Trinajstić information content (AvgIpc) is 3.02. The fraction of sp³-hybridized carbons (Fsp3) is 0.706. The Labute approximate surface area is 133 Å². The number of aryl methyl sites for hydroxylation is 1. The minimum atomic E-state index is -0.419. The normalized spacial score (nSPS) is 18.7. The second kappa shape index (κ2) is 7.18. The Morgan fingerprint density at radius 3 is 2.91 bits per heavy atom. The third-order valence-electron chi connectivity index (χ3n) is 3.92. The van der Waals surface area contributed by atoms with E-state index in [1.807, 2.05) is 31.7 Å². The van der Waals surface area contributed by atoms with Gasteiger partial charge in [0.05, 0.1) is 12.8 Å². The van der Waals surface area contributed by atoms with E-state index in [1.54, 1.807) is 6.26 Å². The van der Waals surface area contributed by atoms with Crippen LogP contribution < -0.4 is 5.32 Å². The summed E-state index contributed by atoms with van der Waals surface area (Å²) in [6, 6.07) is 1.98. The largest absolute Gasteiger partial charge is 0.468 e. The van der Waals surface area contributed by atoms with Gasteiger partial charge in [-0.2, -0.15) is 0 Å². The van der Waals surface area contributed by atoms with E-state index in [0.717, 1.165) is 44.8 Å². The number of carbonyl (C=O) groups excluding carboxylic acids is 1. The van der Waals surface area contributed by atoms with Gasteiger partial charge in [0.15, 0.2) is 0 Å². The molecule has 0 radical (unpaired) electrons. The van der Waals surface area contributed by atoms with Crippen LogP contribution in [-0.2, 0) is 11.3 Å². The van der Waals surface area contributed by atoms with Gasteiger partial charge >= 0.3 is 6.09 Å². The number of rotatable bonds is 5. The number of furan rings is 1. The van der Waals surface area contributed by atoms with Crippen molar-refractivity contribution in [3.05, 3.63) is 23.7 Å². The molecule has 1 amide bonds. The van der Waals surface area contributed by atoms with Crippen molar-refractivity contribution in [3.63, 3.8) is 0 Å². The second-order valence-electron chi connectivity index (χ2n) is 7.07. The maximum Gasteiger partial charge on any atom is 0.410 e. The summed E-state index contributed by atoms with van der Waals surface area (Å²) in [5, 5.41) is 3.41. The van der Waals surface area contributed by atoms with Crippen molar-refractivity contribution in [2.24, 2.45) is 5.92 Å². The first kappa shape index (κ1) is 16.9. The van der Waals surface area contributed by atoms with Gasteiger partial charge in [-0.15, -0.1) is 0 Å². The monoisotopic (exact) mass is 308 g/mol. The van der Waals surface area contributed by atoms with Crippen LogP contribution in [0.4, 0.5) is 4.79 Å². The van der Waals surface area contributed by atoms with Crippen LogP contribution in [0.25, 0.3) is 0 Å². The molecule has 1 aromatic rings. The Hall–Kier alpha value is -1.49. The van der Waals surface area contributed by atoms with Crippen LogP contribution in [0.3, 0.4) is 0 Å². The number of nitrogens with one attached hydrogen (secondary N) is 1. The van der Waals surface area contributed by atoms with Crippen LogP contribution in [0.2, 0.25) is 0 Å². The molecule has 1 saturated heterocycles. The van der Waals surface area contributed by atoms with E-state index in [9.17, 15) is 4.79 Å². The maximum absolute atomic E-state index is 12.0. The van der Waals surface area contributed by atoms with Crippen LogP contribution in [0.15, 0.2) is 16.7 Å². The topological polar surface area (TPSA) is 54.7 Å². The van der Waals surface area contributed by atoms with E-state index in [1.165, 1.54) is 5.56 Å². The molecule has 1 aromatic heterocycles. The van der Waals surface area contributed by atoms with Gasteiger partial charge in [0.2, 0.25) is 0 Å². The number of likely N-dealkylation sites (tertiary alicyclic amines) is 1. The predicted molar refractivity (Wildman–Crippen MR) is 85.7 cm³/mol. The average molecular weight is 308 g/mol. The Morgan fingerprint density at radius 1 is 1.50 bits per heavy atom. The minimum absolute atomic E-state index is 0.186. The Bertz CT molecular complexity index is 490. The molecule has 0 saturated carbocycles. The molecule has 5 heteroatoms. The number of hydrogen-bond acceptors (Lipinski definition) is 4. The molecule has 0 spiro atoms. The SMILES string of the molecule is Cc1ccoc1CNCCC1CCN(C(=O)OC(C)(C)C)C1. The lowest BCUT2D eigenvalue weighted by molar-refractivity contribution is 0.0287. The highest BCUT2D eigenvalue weighted by molar-refractivity contribution is 5.68. The van der Waals surface area contributed by atoms with E-state index in [4.69, 9.17) is 9.15 Å². The van der Waals surface area contributed by atoms with E-state index < -0.39 is 5.60 Å². The molecule has 22 heavy (non-hydrogen) atoms. The standard InChI is InChI=1S/C17H28N2O3/c1-13-7-10-21-15(13)11-18-8-5-14-6-9-19(12-14)16(20)22-17(2,3)4/h7,10,14,18H,5-6,8-9,11-12H2,1-4H3. The minimum Gasteiger partial charge on any atom is -0.468 e. The molecule has 1 N–H and O–H groups in total. The zero-order valence-electron chi connectivity index (χ0n) is 14.1. The molecule has 1 fully saturated rings. The van der Waals surface area contributed by atoms with Crippen molar-refractivity contribution in [1.29, 1.82) is 0 Å². The van der Waals surface area contributed by atoms with Gasteiger partial charge in [-0.1, -0.05) is 0 Å². The fourth-order valence-corrected chi connectivity index (χ4v) is 2.65. The van der Waals surface area contributed by atoms with Gasteiger partial charge in [-0.3, -0.25) is 0 Å². The lowest BCUT2D eigenvalue weighted by Gasteiger charge is -2.24. The zero-order valence-corrected chi connectivity index (χ0v) is 14.1. The summed E-state index contributed by atoms with van der Waals surface area (Å²) in [4.78, 5) is 13.8. The number of amides is 1. The molecule has 2 heterocycles. The van der Waals surface area contributed by atoms with Crippen LogP contribution in [0.5, 0.6) is 0 Å². The highest BCUT2D eigenvalue weighted by atomic mass is 16.6. The number of carbonyl (C=O) groups is 1. The van der Waals surface area contributed by atoms with Crippen molar-refractivity contribution < 1.29 is 13.9 Å². The molecular formula is C17H28N2O3. The third kappa shape index (κ3) is 5.05. The van der Waals surface area contributed by atoms with Crippen molar-refractivity contribution in [2.75, 3.05) is 19.6 Å². The molecular weight excluding hydrogens is 280 g/mol. The maximum atomic E-state index is 12.0. The molecule has 1 unspecified atom stereocenters. The molecule has 124 valence electrons. The summed E-state index contributed by atoms with van der Waals surface area (Å²) in [6.07, 6.45) is 3.66. The molecule has 5 nitrogen and oxygen atoms in total. The van der Waals surface area contributed by atoms with Gasteiger partial charge in [0, 0.05) is 13.1 Å². The number of nitrogens with zero attached hydrogens (tertiary/aromatic N) is 1. The van der Waals surface area contributed by atoms with E-state index >= 15 is 0 Å². The van der Waals surface area contributed by atoms with Crippen LogP contribution in [0.1, 0.15) is 44.9 Å². The van der Waals surface area contributed by atoms with Crippen LogP contribution >= 0.6 is 0 Å². The smallest absolute Gasteiger partial charge is 0.410 e. The Kier molecular flexibility index (Phi) is 5.51. The molecule has 2 rings (SSSR count). The molecule has 0 aromatic carbocycles. The molecule has 1 aliphatic rings. The highest BCUT2D eigenvalue weighted by Crippen LogP contribution is 2.21. The Morgan fingerprint density at radius 2 is 2.27 bits per heavy atom. The summed E-state index contributed by atoms with van der Waals surface area (Å²) in [6.45, 7) is 11.1. The Balaban J connectivity index is 1.64. The van der Waals surface area contributed by atoms with Crippen LogP contribution in [-0.4, -0.2) is 36.2 Å². The summed E-state index contributed by atoms with van der Waals surface area (Å²) in [5.74, 6) is 1.56. The van der Waals surface area contributed by atoms with Crippen molar-refractivity contribution in [2.45, 2.75) is 52.7 Å². The van der Waals surface area contributed by atoms with Gasteiger partial charge < -0.3 is 19.4 Å². The second-order valence-corrected chi connectivity index (χ2v) is 7.07. The van der Waals surface area contributed by atoms with E-state index in [0.29, 0.717) is 5.92 Å².